The molecule has 0 saturated carbocycles. The quantitative estimate of drug-likeness (QED) is 0.456. The lowest BCUT2D eigenvalue weighted by Gasteiger charge is -2.04. The monoisotopic (exact) mass is 200 g/mol. The van der Waals surface area contributed by atoms with E-state index in [0.29, 0.717) is 0 Å². The molecule has 0 aliphatic carbocycles. The van der Waals surface area contributed by atoms with Crippen LogP contribution in [0, 0.1) is 0 Å². The molecule has 0 aliphatic heterocycles. The van der Waals surface area contributed by atoms with E-state index in [1.807, 2.05) is 6.07 Å². The highest BCUT2D eigenvalue weighted by molar-refractivity contribution is 5.64. The smallest absolute Gasteiger partial charge is 0.000580 e. The van der Waals surface area contributed by atoms with E-state index in [1.165, 1.54) is 36.8 Å². The van der Waals surface area contributed by atoms with E-state index in [1.54, 1.807) is 0 Å². The Bertz CT molecular complexity index is 315. The van der Waals surface area contributed by atoms with Crippen molar-refractivity contribution in [2.24, 2.45) is 0 Å². The predicted molar refractivity (Wildman–Crippen MR) is 67.7 cm³/mol. The molecule has 0 amide bonds. The minimum absolute atomic E-state index is 1.10. The van der Waals surface area contributed by atoms with Crippen LogP contribution in [0.1, 0.15) is 44.6 Å². The Morgan fingerprint density at radius 2 is 1.87 bits per heavy atom. The van der Waals surface area contributed by atoms with Crippen LogP contribution in [0.5, 0.6) is 0 Å². The number of rotatable bonds is 6. The molecule has 0 heterocycles. The first-order chi connectivity index (χ1) is 7.38. The van der Waals surface area contributed by atoms with Crippen LogP contribution in [-0.2, 0) is 0 Å². The zero-order chi connectivity index (χ0) is 10.9. The van der Waals surface area contributed by atoms with Crippen LogP contribution in [-0.4, -0.2) is 0 Å². The first-order valence-corrected chi connectivity index (χ1v) is 5.82. The Morgan fingerprint density at radius 3 is 2.47 bits per heavy atom. The third-order valence-electron chi connectivity index (χ3n) is 2.62. The van der Waals surface area contributed by atoms with E-state index < -0.39 is 0 Å². The summed E-state index contributed by atoms with van der Waals surface area (Å²) < 4.78 is 0. The van der Waals surface area contributed by atoms with Gasteiger partial charge in [-0.15, -0.1) is 5.73 Å². The van der Waals surface area contributed by atoms with Crippen LogP contribution in [0.2, 0.25) is 0 Å². The number of benzene rings is 1. The molecule has 0 N–H and O–H groups in total. The van der Waals surface area contributed by atoms with Gasteiger partial charge in [-0.1, -0.05) is 63.1 Å². The molecule has 0 bridgehead atoms. The Labute approximate surface area is 93.3 Å². The minimum Gasteiger partial charge on any atom is -0.125 e. The van der Waals surface area contributed by atoms with Gasteiger partial charge < -0.3 is 0 Å². The first kappa shape index (κ1) is 11.8. The molecule has 1 aromatic carbocycles. The van der Waals surface area contributed by atoms with Crippen molar-refractivity contribution < 1.29 is 0 Å². The van der Waals surface area contributed by atoms with E-state index in [0.717, 1.165) is 6.42 Å². The number of unbranched alkanes of at least 4 members (excludes halogenated alkanes) is 3. The first-order valence-electron chi connectivity index (χ1n) is 5.82. The summed E-state index contributed by atoms with van der Waals surface area (Å²) in [5.41, 5.74) is 5.59. The standard InChI is InChI=1S/C15H20/c1-3-5-6-8-11-14(4-2)15-12-9-7-10-13-15/h7,9-10,12-13H,2-3,5-6,8,11H2,1H3. The van der Waals surface area contributed by atoms with E-state index in [2.05, 4.69) is 43.5 Å². The minimum atomic E-state index is 1.10. The molecule has 1 rings (SSSR count). The summed E-state index contributed by atoms with van der Waals surface area (Å²) in [7, 11) is 0. The van der Waals surface area contributed by atoms with Crippen molar-refractivity contribution in [3.05, 3.63) is 48.2 Å². The van der Waals surface area contributed by atoms with Crippen molar-refractivity contribution >= 4 is 5.57 Å². The van der Waals surface area contributed by atoms with E-state index in [4.69, 9.17) is 0 Å². The zero-order valence-electron chi connectivity index (χ0n) is 9.63. The number of hydrogen-bond donors (Lipinski definition) is 0. The average Bonchev–Trinajstić information content (AvgIpc) is 2.30. The SMILES string of the molecule is C=C=C(CCCCCC)c1ccccc1. The third-order valence-corrected chi connectivity index (χ3v) is 2.62. The molecule has 1 aromatic rings. The Kier molecular flexibility index (Phi) is 5.58. The summed E-state index contributed by atoms with van der Waals surface area (Å²) in [5, 5.41) is 0. The predicted octanol–water partition coefficient (Wildman–Crippen LogP) is 4.83. The summed E-state index contributed by atoms with van der Waals surface area (Å²) in [6.07, 6.45) is 6.29. The van der Waals surface area contributed by atoms with Gasteiger partial charge in [0.1, 0.15) is 0 Å². The maximum absolute atomic E-state index is 3.77. The Balaban J connectivity index is 2.48. The largest absolute Gasteiger partial charge is 0.125 e. The van der Waals surface area contributed by atoms with Crippen LogP contribution in [0.15, 0.2) is 42.6 Å². The van der Waals surface area contributed by atoms with E-state index in [-0.39, 0.29) is 0 Å². The molecule has 0 nitrogen and oxygen atoms in total. The molecule has 0 saturated heterocycles. The van der Waals surface area contributed by atoms with Crippen molar-refractivity contribution in [3.63, 3.8) is 0 Å². The molecule has 15 heavy (non-hydrogen) atoms. The fraction of sp³-hybridized carbons (Fsp3) is 0.400. The zero-order valence-corrected chi connectivity index (χ0v) is 9.63. The normalized spacial score (nSPS) is 9.67. The summed E-state index contributed by atoms with van der Waals surface area (Å²) in [4.78, 5) is 0. The maximum atomic E-state index is 3.77. The van der Waals surface area contributed by atoms with Crippen LogP contribution < -0.4 is 0 Å². The molecule has 0 aromatic heterocycles. The summed E-state index contributed by atoms with van der Waals surface area (Å²) >= 11 is 0. The summed E-state index contributed by atoms with van der Waals surface area (Å²) in [6, 6.07) is 10.4. The van der Waals surface area contributed by atoms with Crippen LogP contribution in [0.4, 0.5) is 0 Å². The molecule has 0 fully saturated rings. The highest BCUT2D eigenvalue weighted by Crippen LogP contribution is 2.19. The maximum Gasteiger partial charge on any atom is 0.000580 e. The van der Waals surface area contributed by atoms with Crippen molar-refractivity contribution in [2.75, 3.05) is 0 Å². The summed E-state index contributed by atoms with van der Waals surface area (Å²) in [6.45, 7) is 6.01. The van der Waals surface area contributed by atoms with Gasteiger partial charge in [0.2, 0.25) is 0 Å². The highest BCUT2D eigenvalue weighted by atomic mass is 14.0. The van der Waals surface area contributed by atoms with E-state index >= 15 is 0 Å². The number of hydrogen-bond acceptors (Lipinski definition) is 0. The lowest BCUT2D eigenvalue weighted by Crippen LogP contribution is -1.84. The van der Waals surface area contributed by atoms with Gasteiger partial charge in [0.15, 0.2) is 0 Å². The molecule has 0 radical (unpaired) electrons. The number of allylic oxidation sites excluding steroid dienone is 1. The van der Waals surface area contributed by atoms with Gasteiger partial charge in [-0.3, -0.25) is 0 Å². The van der Waals surface area contributed by atoms with Crippen LogP contribution in [0.3, 0.4) is 0 Å². The Morgan fingerprint density at radius 1 is 1.13 bits per heavy atom. The van der Waals surface area contributed by atoms with Crippen molar-refractivity contribution in [3.8, 4) is 0 Å². The van der Waals surface area contributed by atoms with Gasteiger partial charge in [-0.05, 0) is 18.4 Å². The molecule has 80 valence electrons. The van der Waals surface area contributed by atoms with Crippen molar-refractivity contribution in [2.45, 2.75) is 39.0 Å². The topological polar surface area (TPSA) is 0 Å². The Hall–Kier alpha value is -1.26. The lowest BCUT2D eigenvalue weighted by molar-refractivity contribution is 0.679. The van der Waals surface area contributed by atoms with Gasteiger partial charge in [-0.2, -0.15) is 0 Å². The van der Waals surface area contributed by atoms with Gasteiger partial charge in [0.25, 0.3) is 0 Å². The average molecular weight is 200 g/mol. The molecule has 0 spiro atoms. The van der Waals surface area contributed by atoms with Crippen LogP contribution >= 0.6 is 0 Å². The second kappa shape index (κ2) is 7.09. The summed E-state index contributed by atoms with van der Waals surface area (Å²) in [5.74, 6) is 0. The van der Waals surface area contributed by atoms with Gasteiger partial charge >= 0.3 is 0 Å². The van der Waals surface area contributed by atoms with Gasteiger partial charge in [0, 0.05) is 5.57 Å². The lowest BCUT2D eigenvalue weighted by atomic mass is 10.0. The van der Waals surface area contributed by atoms with Gasteiger partial charge in [0.05, 0.1) is 0 Å². The van der Waals surface area contributed by atoms with Gasteiger partial charge in [-0.25, -0.2) is 0 Å². The molecule has 0 atom stereocenters. The van der Waals surface area contributed by atoms with Crippen LogP contribution in [0.25, 0.3) is 5.57 Å². The fourth-order valence-corrected chi connectivity index (χ4v) is 1.70. The molecule has 0 aliphatic rings. The van der Waals surface area contributed by atoms with Crippen molar-refractivity contribution in [1.29, 1.82) is 0 Å². The molecular formula is C15H20. The molecular weight excluding hydrogens is 180 g/mol. The third kappa shape index (κ3) is 4.18. The molecule has 0 heteroatoms. The second-order valence-corrected chi connectivity index (χ2v) is 3.83. The fourth-order valence-electron chi connectivity index (χ4n) is 1.70. The molecule has 0 unspecified atom stereocenters. The second-order valence-electron chi connectivity index (χ2n) is 3.83. The van der Waals surface area contributed by atoms with E-state index in [9.17, 15) is 0 Å². The highest BCUT2D eigenvalue weighted by Gasteiger charge is 1.99. The van der Waals surface area contributed by atoms with Crippen molar-refractivity contribution in [1.82, 2.24) is 0 Å².